The lowest BCUT2D eigenvalue weighted by Gasteiger charge is -2.10. The molecule has 0 atom stereocenters. The molecule has 124 valence electrons. The van der Waals surface area contributed by atoms with E-state index >= 15 is 0 Å². The number of carboxylic acid groups (broad SMARTS) is 1. The molecule has 0 bridgehead atoms. The smallest absolute Gasteiger partial charge is 0.407 e. The first-order valence-corrected chi connectivity index (χ1v) is 9.46. The number of rotatable bonds is 5. The third kappa shape index (κ3) is 3.85. The van der Waals surface area contributed by atoms with Crippen LogP contribution < -0.4 is 4.74 Å². The van der Waals surface area contributed by atoms with Crippen LogP contribution >= 0.6 is 27.3 Å². The minimum Gasteiger partial charge on any atom is -0.497 e. The van der Waals surface area contributed by atoms with Gasteiger partial charge >= 0.3 is 6.09 Å². The van der Waals surface area contributed by atoms with Gasteiger partial charge in [-0.1, -0.05) is 6.07 Å². The van der Waals surface area contributed by atoms with Gasteiger partial charge in [-0.2, -0.15) is 0 Å². The summed E-state index contributed by atoms with van der Waals surface area (Å²) in [6.45, 7) is 0.117. The molecule has 6 nitrogen and oxygen atoms in total. The molecule has 1 aromatic carbocycles. The summed E-state index contributed by atoms with van der Waals surface area (Å²) < 4.78 is 31.1. The molecule has 2 rings (SSSR count). The van der Waals surface area contributed by atoms with Gasteiger partial charge in [0, 0.05) is 16.4 Å². The fourth-order valence-electron chi connectivity index (χ4n) is 1.84. The van der Waals surface area contributed by atoms with Crippen LogP contribution in [0.1, 0.15) is 4.88 Å². The standard InChI is InChI=1S/C14H14BrNO5S2/c1-16(14(17)18)8-10-7-12(15)13(22-10)23(19,20)11-5-3-4-9(6-11)21-2/h3-7H,8H2,1-2H3,(H,17,18). The Balaban J connectivity index is 2.40. The van der Waals surface area contributed by atoms with Crippen molar-refractivity contribution in [1.29, 1.82) is 0 Å². The number of carbonyl (C=O) groups is 1. The van der Waals surface area contributed by atoms with Crippen LogP contribution in [-0.2, 0) is 16.4 Å². The summed E-state index contributed by atoms with van der Waals surface area (Å²) in [7, 11) is -0.824. The predicted molar refractivity (Wildman–Crippen MR) is 90.0 cm³/mol. The van der Waals surface area contributed by atoms with Crippen LogP contribution in [0.3, 0.4) is 0 Å². The van der Waals surface area contributed by atoms with Gasteiger partial charge in [0.05, 0.1) is 18.6 Å². The van der Waals surface area contributed by atoms with Crippen molar-refractivity contribution in [1.82, 2.24) is 4.90 Å². The number of benzene rings is 1. The molecule has 0 spiro atoms. The molecule has 1 amide bonds. The van der Waals surface area contributed by atoms with E-state index in [9.17, 15) is 13.2 Å². The molecular formula is C14H14BrNO5S2. The third-order valence-corrected chi connectivity index (χ3v) is 7.58. The molecular weight excluding hydrogens is 406 g/mol. The summed E-state index contributed by atoms with van der Waals surface area (Å²) in [5.41, 5.74) is 0. The number of thiophene rings is 1. The van der Waals surface area contributed by atoms with E-state index in [1.807, 2.05) is 0 Å². The Morgan fingerprint density at radius 2 is 2.09 bits per heavy atom. The van der Waals surface area contributed by atoms with E-state index in [0.717, 1.165) is 16.2 Å². The molecule has 1 aromatic heterocycles. The van der Waals surface area contributed by atoms with Crippen molar-refractivity contribution in [2.45, 2.75) is 15.6 Å². The van der Waals surface area contributed by atoms with Crippen LogP contribution in [0.4, 0.5) is 4.79 Å². The average molecular weight is 420 g/mol. The third-order valence-electron chi connectivity index (χ3n) is 3.02. The Morgan fingerprint density at radius 1 is 1.39 bits per heavy atom. The van der Waals surface area contributed by atoms with E-state index in [2.05, 4.69) is 15.9 Å². The van der Waals surface area contributed by atoms with Crippen molar-refractivity contribution in [2.75, 3.05) is 14.2 Å². The van der Waals surface area contributed by atoms with Crippen molar-refractivity contribution >= 4 is 43.2 Å². The van der Waals surface area contributed by atoms with Crippen LogP contribution in [0, 0.1) is 0 Å². The summed E-state index contributed by atoms with van der Waals surface area (Å²) in [5, 5.41) is 8.90. The number of halogens is 1. The first-order valence-electron chi connectivity index (χ1n) is 6.37. The van der Waals surface area contributed by atoms with Crippen LogP contribution in [0.5, 0.6) is 5.75 Å². The quantitative estimate of drug-likeness (QED) is 0.801. The number of hydrogen-bond donors (Lipinski definition) is 1. The lowest BCUT2D eigenvalue weighted by atomic mass is 10.3. The zero-order valence-corrected chi connectivity index (χ0v) is 15.5. The van der Waals surface area contributed by atoms with E-state index in [1.54, 1.807) is 18.2 Å². The van der Waals surface area contributed by atoms with Gasteiger partial charge in [0.15, 0.2) is 0 Å². The van der Waals surface area contributed by atoms with Gasteiger partial charge in [-0.15, -0.1) is 11.3 Å². The first kappa shape index (κ1) is 17.8. The van der Waals surface area contributed by atoms with E-state index < -0.39 is 15.9 Å². The summed E-state index contributed by atoms with van der Waals surface area (Å²) in [4.78, 5) is 12.7. The van der Waals surface area contributed by atoms with Gasteiger partial charge in [0.25, 0.3) is 0 Å². The van der Waals surface area contributed by atoms with Gasteiger partial charge in [-0.05, 0) is 40.2 Å². The van der Waals surface area contributed by atoms with Crippen molar-refractivity contribution in [3.05, 3.63) is 39.7 Å². The fraction of sp³-hybridized carbons (Fsp3) is 0.214. The van der Waals surface area contributed by atoms with Crippen molar-refractivity contribution in [2.24, 2.45) is 0 Å². The zero-order valence-electron chi connectivity index (χ0n) is 12.3. The minimum absolute atomic E-state index is 0.117. The van der Waals surface area contributed by atoms with Gasteiger partial charge in [-0.25, -0.2) is 13.2 Å². The SMILES string of the molecule is COc1cccc(S(=O)(=O)c2sc(CN(C)C(=O)O)cc2Br)c1. The second kappa shape index (κ2) is 6.90. The lowest BCUT2D eigenvalue weighted by Crippen LogP contribution is -2.23. The number of hydrogen-bond acceptors (Lipinski definition) is 5. The number of methoxy groups -OCH3 is 1. The van der Waals surface area contributed by atoms with E-state index in [4.69, 9.17) is 9.84 Å². The molecule has 0 saturated carbocycles. The average Bonchev–Trinajstić information content (AvgIpc) is 2.88. The summed E-state index contributed by atoms with van der Waals surface area (Å²) in [5.74, 6) is 0.449. The van der Waals surface area contributed by atoms with Crippen LogP contribution in [0.2, 0.25) is 0 Å². The van der Waals surface area contributed by atoms with Gasteiger partial charge in [-0.3, -0.25) is 0 Å². The predicted octanol–water partition coefficient (Wildman–Crippen LogP) is 3.46. The monoisotopic (exact) mass is 419 g/mol. The van der Waals surface area contributed by atoms with Crippen LogP contribution in [0.25, 0.3) is 0 Å². The molecule has 1 N–H and O–H groups in total. The molecule has 0 saturated heterocycles. The van der Waals surface area contributed by atoms with E-state index in [0.29, 0.717) is 15.1 Å². The second-order valence-corrected chi connectivity index (χ2v) is 8.81. The number of sulfone groups is 1. The number of amides is 1. The molecule has 23 heavy (non-hydrogen) atoms. The number of nitrogens with zero attached hydrogens (tertiary/aromatic N) is 1. The molecule has 0 unspecified atom stereocenters. The Hall–Kier alpha value is -1.58. The van der Waals surface area contributed by atoms with Crippen molar-refractivity contribution < 1.29 is 23.1 Å². The van der Waals surface area contributed by atoms with Gasteiger partial charge in [0.2, 0.25) is 9.84 Å². The number of ether oxygens (including phenoxy) is 1. The highest BCUT2D eigenvalue weighted by molar-refractivity contribution is 9.10. The molecule has 9 heteroatoms. The minimum atomic E-state index is -3.71. The normalized spacial score (nSPS) is 11.3. The highest BCUT2D eigenvalue weighted by Crippen LogP contribution is 2.36. The molecule has 0 aliphatic heterocycles. The topological polar surface area (TPSA) is 83.9 Å². The largest absolute Gasteiger partial charge is 0.497 e. The first-order chi connectivity index (χ1) is 10.8. The van der Waals surface area contributed by atoms with Crippen LogP contribution in [-0.4, -0.2) is 38.7 Å². The zero-order chi connectivity index (χ0) is 17.2. The van der Waals surface area contributed by atoms with E-state index in [-0.39, 0.29) is 15.6 Å². The van der Waals surface area contributed by atoms with Gasteiger partial charge in [0.1, 0.15) is 9.96 Å². The Bertz CT molecular complexity index is 831. The van der Waals surface area contributed by atoms with Crippen molar-refractivity contribution in [3.63, 3.8) is 0 Å². The molecule has 0 aliphatic carbocycles. The summed E-state index contributed by atoms with van der Waals surface area (Å²) >= 11 is 4.29. The maximum absolute atomic E-state index is 12.8. The van der Waals surface area contributed by atoms with E-state index in [1.165, 1.54) is 26.3 Å². The second-order valence-electron chi connectivity index (χ2n) is 4.67. The maximum atomic E-state index is 12.8. The Labute approximate surface area is 146 Å². The lowest BCUT2D eigenvalue weighted by molar-refractivity contribution is 0.154. The molecule has 1 heterocycles. The highest BCUT2D eigenvalue weighted by atomic mass is 79.9. The van der Waals surface area contributed by atoms with Crippen LogP contribution in [0.15, 0.2) is 43.9 Å². The summed E-state index contributed by atoms with van der Waals surface area (Å²) in [6, 6.07) is 7.83. The molecule has 0 radical (unpaired) electrons. The van der Waals surface area contributed by atoms with Gasteiger partial charge < -0.3 is 14.7 Å². The fourth-order valence-corrected chi connectivity index (χ4v) is 6.08. The molecule has 0 aliphatic rings. The Morgan fingerprint density at radius 3 is 2.70 bits per heavy atom. The van der Waals surface area contributed by atoms with Crippen molar-refractivity contribution in [3.8, 4) is 5.75 Å². The summed E-state index contributed by atoms with van der Waals surface area (Å²) in [6.07, 6.45) is -1.08. The highest BCUT2D eigenvalue weighted by Gasteiger charge is 2.25. The maximum Gasteiger partial charge on any atom is 0.407 e. The molecule has 0 fully saturated rings. The molecule has 2 aromatic rings. The Kier molecular flexibility index (Phi) is 5.33.